The second kappa shape index (κ2) is 6.86. The number of hydrogen-bond acceptors (Lipinski definition) is 4. The molecule has 0 bridgehead atoms. The van der Waals surface area contributed by atoms with Crippen LogP contribution in [0.5, 0.6) is 0 Å². The Balaban J connectivity index is 1.94. The van der Waals surface area contributed by atoms with Gasteiger partial charge in [-0.3, -0.25) is 0 Å². The molecule has 0 aliphatic carbocycles. The van der Waals surface area contributed by atoms with Gasteiger partial charge in [0.15, 0.2) is 19.7 Å². The van der Waals surface area contributed by atoms with E-state index in [1.165, 1.54) is 12.5 Å². The molecule has 7 heteroatoms. The summed E-state index contributed by atoms with van der Waals surface area (Å²) in [4.78, 5) is 3.81. The van der Waals surface area contributed by atoms with Crippen molar-refractivity contribution in [3.63, 3.8) is 0 Å². The van der Waals surface area contributed by atoms with Crippen molar-refractivity contribution in [2.45, 2.75) is 9.79 Å². The molecule has 148 valence electrons. The summed E-state index contributed by atoms with van der Waals surface area (Å²) < 4.78 is 47.7. The van der Waals surface area contributed by atoms with E-state index in [4.69, 9.17) is 0 Å². The van der Waals surface area contributed by atoms with E-state index in [2.05, 4.69) is 4.98 Å². The first-order valence-electron chi connectivity index (χ1n) is 8.86. The number of para-hydroxylation sites is 1. The molecule has 0 atom stereocenters. The third kappa shape index (κ3) is 3.83. The highest BCUT2D eigenvalue weighted by Crippen LogP contribution is 2.35. The number of nitrogens with one attached hydrogen (secondary N) is 1. The number of hydrogen-bond donors (Lipinski definition) is 1. The summed E-state index contributed by atoms with van der Waals surface area (Å²) in [5.41, 5.74) is 4.08. The minimum Gasteiger partial charge on any atom is -0.355 e. The van der Waals surface area contributed by atoms with Crippen LogP contribution < -0.4 is 0 Å². The lowest BCUT2D eigenvalue weighted by molar-refractivity contribution is 0.600. The van der Waals surface area contributed by atoms with Gasteiger partial charge in [0, 0.05) is 34.7 Å². The van der Waals surface area contributed by atoms with Crippen molar-refractivity contribution in [1.29, 1.82) is 0 Å². The molecule has 0 saturated heterocycles. The summed E-state index contributed by atoms with van der Waals surface area (Å²) in [6.45, 7) is 0. The van der Waals surface area contributed by atoms with E-state index in [1.807, 2.05) is 30.3 Å². The van der Waals surface area contributed by atoms with Gasteiger partial charge in [0.25, 0.3) is 0 Å². The smallest absolute Gasteiger partial charge is 0.175 e. The van der Waals surface area contributed by atoms with Gasteiger partial charge >= 0.3 is 0 Å². The van der Waals surface area contributed by atoms with Crippen LogP contribution in [0, 0.1) is 0 Å². The molecule has 0 radical (unpaired) electrons. The van der Waals surface area contributed by atoms with Gasteiger partial charge in [0.1, 0.15) is 0 Å². The maximum Gasteiger partial charge on any atom is 0.175 e. The van der Waals surface area contributed by atoms with Gasteiger partial charge in [0.2, 0.25) is 0 Å². The molecule has 1 heterocycles. The second-order valence-electron chi connectivity index (χ2n) is 7.05. The van der Waals surface area contributed by atoms with Gasteiger partial charge in [-0.2, -0.15) is 0 Å². The topological polar surface area (TPSA) is 84.1 Å². The maximum atomic E-state index is 12.1. The summed E-state index contributed by atoms with van der Waals surface area (Å²) in [5, 5.41) is 1.02. The molecule has 0 aliphatic rings. The van der Waals surface area contributed by atoms with Crippen LogP contribution in [-0.4, -0.2) is 34.3 Å². The van der Waals surface area contributed by atoms with Crippen LogP contribution in [-0.2, 0) is 19.7 Å². The minimum absolute atomic E-state index is 0.225. The molecule has 0 unspecified atom stereocenters. The Bertz CT molecular complexity index is 1400. The van der Waals surface area contributed by atoms with Crippen LogP contribution in [0.15, 0.2) is 82.6 Å². The number of sulfone groups is 2. The summed E-state index contributed by atoms with van der Waals surface area (Å²) in [5.74, 6) is 0. The van der Waals surface area contributed by atoms with Crippen LogP contribution in [0.2, 0.25) is 0 Å². The normalized spacial score (nSPS) is 12.3. The van der Waals surface area contributed by atoms with Crippen LogP contribution in [0.4, 0.5) is 0 Å². The average Bonchev–Trinajstić information content (AvgIpc) is 3.10. The Hall–Kier alpha value is -2.90. The average molecular weight is 426 g/mol. The number of benzene rings is 3. The minimum atomic E-state index is -3.38. The molecule has 0 fully saturated rings. The van der Waals surface area contributed by atoms with Gasteiger partial charge in [-0.15, -0.1) is 0 Å². The Morgan fingerprint density at radius 1 is 0.655 bits per heavy atom. The molecule has 0 saturated carbocycles. The fourth-order valence-corrected chi connectivity index (χ4v) is 4.61. The van der Waals surface area contributed by atoms with Gasteiger partial charge in [0.05, 0.1) is 9.79 Å². The predicted octanol–water partition coefficient (Wildman–Crippen LogP) is 4.31. The highest BCUT2D eigenvalue weighted by molar-refractivity contribution is 7.91. The molecule has 4 rings (SSSR count). The fraction of sp³-hybridized carbons (Fsp3) is 0.0909. The summed E-state index contributed by atoms with van der Waals surface area (Å²) in [6.07, 6.45) is 2.34. The Morgan fingerprint density at radius 3 is 1.90 bits per heavy atom. The van der Waals surface area contributed by atoms with E-state index in [0.29, 0.717) is 0 Å². The first kappa shape index (κ1) is 19.4. The van der Waals surface area contributed by atoms with Crippen LogP contribution in [0.1, 0.15) is 0 Å². The zero-order chi connectivity index (χ0) is 20.8. The molecule has 4 aromatic rings. The Labute approximate surface area is 169 Å². The van der Waals surface area contributed by atoms with E-state index in [-0.39, 0.29) is 9.79 Å². The first-order valence-corrected chi connectivity index (χ1v) is 12.6. The zero-order valence-electron chi connectivity index (χ0n) is 15.9. The van der Waals surface area contributed by atoms with Gasteiger partial charge in [-0.05, 0) is 47.5 Å². The van der Waals surface area contributed by atoms with Gasteiger partial charge < -0.3 is 4.98 Å². The lowest BCUT2D eigenvalue weighted by Crippen LogP contribution is -1.99. The first-order chi connectivity index (χ1) is 13.6. The standard InChI is InChI=1S/C22H19NO4S2/c1-28(24,25)17-9-7-15(8-10-17)19-12-11-18(29(2,26)27)14-20(19)22-13-16-5-3-4-6-21(16)23-22/h3-14,23H,1-2H3. The molecular weight excluding hydrogens is 406 g/mol. The number of H-pyrrole nitrogens is 1. The number of aromatic amines is 1. The lowest BCUT2D eigenvalue weighted by atomic mass is 9.97. The van der Waals surface area contributed by atoms with Crippen molar-refractivity contribution < 1.29 is 16.8 Å². The molecule has 5 nitrogen and oxygen atoms in total. The maximum absolute atomic E-state index is 12.1. The van der Waals surface area contributed by atoms with Gasteiger partial charge in [-0.25, -0.2) is 16.8 Å². The fourth-order valence-electron chi connectivity index (χ4n) is 3.33. The molecule has 3 aromatic carbocycles. The van der Waals surface area contributed by atoms with Crippen molar-refractivity contribution in [3.05, 3.63) is 72.8 Å². The summed E-state index contributed by atoms with van der Waals surface area (Å²) >= 11 is 0. The van der Waals surface area contributed by atoms with Crippen LogP contribution >= 0.6 is 0 Å². The molecule has 29 heavy (non-hydrogen) atoms. The molecule has 0 amide bonds. The largest absolute Gasteiger partial charge is 0.355 e. The summed E-state index contributed by atoms with van der Waals surface area (Å²) in [7, 11) is -6.67. The molecule has 0 aliphatic heterocycles. The number of rotatable bonds is 4. The van der Waals surface area contributed by atoms with Crippen molar-refractivity contribution in [1.82, 2.24) is 4.98 Å². The summed E-state index contributed by atoms with van der Waals surface area (Å²) in [6, 6.07) is 21.4. The van der Waals surface area contributed by atoms with E-state index < -0.39 is 19.7 Å². The van der Waals surface area contributed by atoms with E-state index in [0.717, 1.165) is 33.3 Å². The third-order valence-corrected chi connectivity index (χ3v) is 7.07. The van der Waals surface area contributed by atoms with E-state index in [9.17, 15) is 16.8 Å². The molecular formula is C22H19NO4S2. The zero-order valence-corrected chi connectivity index (χ0v) is 17.5. The van der Waals surface area contributed by atoms with Crippen LogP contribution in [0.25, 0.3) is 33.3 Å². The number of aromatic nitrogens is 1. The van der Waals surface area contributed by atoms with Crippen LogP contribution in [0.3, 0.4) is 0 Å². The molecule has 0 spiro atoms. The number of fused-ring (bicyclic) bond motifs is 1. The van der Waals surface area contributed by atoms with E-state index >= 15 is 0 Å². The Morgan fingerprint density at radius 2 is 1.28 bits per heavy atom. The van der Waals surface area contributed by atoms with Gasteiger partial charge in [-0.1, -0.05) is 36.4 Å². The lowest BCUT2D eigenvalue weighted by Gasteiger charge is -2.11. The monoisotopic (exact) mass is 425 g/mol. The molecule has 1 aromatic heterocycles. The quantitative estimate of drug-likeness (QED) is 0.528. The van der Waals surface area contributed by atoms with Crippen molar-refractivity contribution >= 4 is 30.6 Å². The van der Waals surface area contributed by atoms with Crippen molar-refractivity contribution in [3.8, 4) is 22.4 Å². The highest BCUT2D eigenvalue weighted by Gasteiger charge is 2.16. The highest BCUT2D eigenvalue weighted by atomic mass is 32.2. The second-order valence-corrected chi connectivity index (χ2v) is 11.1. The Kier molecular flexibility index (Phi) is 4.59. The van der Waals surface area contributed by atoms with Crippen molar-refractivity contribution in [2.24, 2.45) is 0 Å². The third-order valence-electron chi connectivity index (χ3n) is 4.83. The van der Waals surface area contributed by atoms with E-state index in [1.54, 1.807) is 42.5 Å². The predicted molar refractivity (Wildman–Crippen MR) is 115 cm³/mol. The van der Waals surface area contributed by atoms with Crippen molar-refractivity contribution in [2.75, 3.05) is 12.5 Å². The SMILES string of the molecule is CS(=O)(=O)c1ccc(-c2ccc(S(C)(=O)=O)cc2-c2cc3ccccc3[nH]2)cc1. The molecule has 1 N–H and O–H groups in total.